The zero-order chi connectivity index (χ0) is 27.1. The lowest BCUT2D eigenvalue weighted by atomic mass is 10.0. The molecule has 0 aliphatic carbocycles. The molecule has 1 amide bonds. The van der Waals surface area contributed by atoms with E-state index in [4.69, 9.17) is 14.2 Å². The van der Waals surface area contributed by atoms with E-state index in [1.54, 1.807) is 6.92 Å². The number of amides is 1. The lowest BCUT2D eigenvalue weighted by Crippen LogP contribution is -2.23. The van der Waals surface area contributed by atoms with E-state index < -0.39 is 11.2 Å². The van der Waals surface area contributed by atoms with Gasteiger partial charge in [-0.1, -0.05) is 36.0 Å². The molecular formula is C28H24N4O5S2. The number of aromatic nitrogens is 3. The molecule has 0 saturated carbocycles. The molecule has 5 aromatic rings. The summed E-state index contributed by atoms with van der Waals surface area (Å²) in [5.74, 6) is 0.457. The van der Waals surface area contributed by atoms with E-state index in [0.29, 0.717) is 46.0 Å². The van der Waals surface area contributed by atoms with Crippen LogP contribution >= 0.6 is 23.1 Å². The van der Waals surface area contributed by atoms with Crippen LogP contribution in [0.5, 0.6) is 11.5 Å². The highest BCUT2D eigenvalue weighted by Gasteiger charge is 2.26. The Morgan fingerprint density at radius 2 is 1.90 bits per heavy atom. The summed E-state index contributed by atoms with van der Waals surface area (Å²) >= 11 is 2.57. The number of benzene rings is 2. The number of nitrogens with one attached hydrogen (secondary N) is 1. The van der Waals surface area contributed by atoms with Crippen molar-refractivity contribution in [2.75, 3.05) is 25.6 Å². The summed E-state index contributed by atoms with van der Waals surface area (Å²) in [4.78, 5) is 26.2. The van der Waals surface area contributed by atoms with Crippen molar-refractivity contribution >= 4 is 56.5 Å². The molecule has 11 heteroatoms. The fraction of sp³-hybridized carbons (Fsp3) is 0.214. The number of nitrogens with zero attached hydrogens (tertiary/aromatic N) is 3. The largest absolute Gasteiger partial charge is 0.486 e. The molecule has 198 valence electrons. The lowest BCUT2D eigenvalue weighted by molar-refractivity contribution is -0.115. The van der Waals surface area contributed by atoms with Gasteiger partial charge in [-0.05, 0) is 49.2 Å². The van der Waals surface area contributed by atoms with Crippen molar-refractivity contribution in [3.8, 4) is 22.6 Å². The van der Waals surface area contributed by atoms with Gasteiger partial charge in [0.05, 0.1) is 17.9 Å². The van der Waals surface area contributed by atoms with E-state index in [-0.39, 0.29) is 5.91 Å². The van der Waals surface area contributed by atoms with Crippen LogP contribution in [0.1, 0.15) is 22.8 Å². The second-order valence-electron chi connectivity index (χ2n) is 8.97. The highest BCUT2D eigenvalue weighted by Crippen LogP contribution is 2.41. The molecule has 39 heavy (non-hydrogen) atoms. The Morgan fingerprint density at radius 3 is 2.72 bits per heavy atom. The molecule has 0 spiro atoms. The van der Waals surface area contributed by atoms with Crippen molar-refractivity contribution in [2.45, 2.75) is 24.3 Å². The van der Waals surface area contributed by atoms with E-state index in [0.717, 1.165) is 27.7 Å². The molecule has 0 bridgehead atoms. The SMILES string of the molecule is COC(=O)c1c(-c2ccc3c(c2)OCCO3)csc1NC(=O)C(C)Sc1nnc2cc(C)c3ccccc3n12. The van der Waals surface area contributed by atoms with Crippen LogP contribution in [0.3, 0.4) is 0 Å². The fourth-order valence-corrected chi connectivity index (χ4v) is 6.38. The number of thioether (sulfide) groups is 1. The van der Waals surface area contributed by atoms with Crippen LogP contribution in [0, 0.1) is 6.92 Å². The van der Waals surface area contributed by atoms with Crippen LogP contribution in [0.4, 0.5) is 5.00 Å². The van der Waals surface area contributed by atoms with Gasteiger partial charge in [0.15, 0.2) is 22.3 Å². The van der Waals surface area contributed by atoms with Crippen molar-refractivity contribution in [1.82, 2.24) is 14.6 Å². The second kappa shape index (κ2) is 10.2. The van der Waals surface area contributed by atoms with Gasteiger partial charge in [-0.2, -0.15) is 0 Å². The molecule has 1 unspecified atom stereocenters. The van der Waals surface area contributed by atoms with Crippen molar-refractivity contribution in [3.05, 3.63) is 65.0 Å². The number of para-hydroxylation sites is 1. The number of hydrogen-bond acceptors (Lipinski definition) is 9. The van der Waals surface area contributed by atoms with Crippen LogP contribution in [-0.4, -0.2) is 52.0 Å². The average molecular weight is 561 g/mol. The minimum Gasteiger partial charge on any atom is -0.486 e. The quantitative estimate of drug-likeness (QED) is 0.212. The van der Waals surface area contributed by atoms with E-state index in [1.165, 1.54) is 30.2 Å². The number of ether oxygens (including phenoxy) is 3. The maximum Gasteiger partial charge on any atom is 0.341 e. The van der Waals surface area contributed by atoms with Crippen LogP contribution < -0.4 is 14.8 Å². The molecule has 6 rings (SSSR count). The first-order chi connectivity index (χ1) is 18.9. The molecule has 1 atom stereocenters. The van der Waals surface area contributed by atoms with Gasteiger partial charge in [0.2, 0.25) is 5.91 Å². The molecule has 4 heterocycles. The molecule has 0 fully saturated rings. The Bertz CT molecular complexity index is 1750. The van der Waals surface area contributed by atoms with E-state index >= 15 is 0 Å². The van der Waals surface area contributed by atoms with Crippen LogP contribution in [-0.2, 0) is 9.53 Å². The van der Waals surface area contributed by atoms with Gasteiger partial charge in [0.1, 0.15) is 23.8 Å². The number of carbonyl (C=O) groups is 2. The number of methoxy groups -OCH3 is 1. The van der Waals surface area contributed by atoms with Crippen LogP contribution in [0.15, 0.2) is 59.1 Å². The Balaban J connectivity index is 1.28. The van der Waals surface area contributed by atoms with Crippen molar-refractivity contribution in [3.63, 3.8) is 0 Å². The predicted octanol–water partition coefficient (Wildman–Crippen LogP) is 5.60. The first-order valence-electron chi connectivity index (χ1n) is 12.3. The number of anilines is 1. The smallest absolute Gasteiger partial charge is 0.341 e. The number of thiophene rings is 1. The van der Waals surface area contributed by atoms with Crippen LogP contribution in [0.25, 0.3) is 27.7 Å². The van der Waals surface area contributed by atoms with Crippen molar-refractivity contribution < 1.29 is 23.8 Å². The van der Waals surface area contributed by atoms with Gasteiger partial charge in [-0.15, -0.1) is 21.5 Å². The molecule has 9 nitrogen and oxygen atoms in total. The number of esters is 1. The molecule has 0 radical (unpaired) electrons. The predicted molar refractivity (Wildman–Crippen MR) is 151 cm³/mol. The highest BCUT2D eigenvalue weighted by atomic mass is 32.2. The third-order valence-corrected chi connectivity index (χ3v) is 8.43. The summed E-state index contributed by atoms with van der Waals surface area (Å²) in [6.07, 6.45) is 0. The van der Waals surface area contributed by atoms with Gasteiger partial charge < -0.3 is 19.5 Å². The van der Waals surface area contributed by atoms with Crippen LogP contribution in [0.2, 0.25) is 0 Å². The Hall–Kier alpha value is -4.09. The zero-order valence-electron chi connectivity index (χ0n) is 21.4. The van der Waals surface area contributed by atoms with E-state index in [1.807, 2.05) is 59.2 Å². The lowest BCUT2D eigenvalue weighted by Gasteiger charge is -2.19. The molecule has 1 aliphatic rings. The molecule has 3 aromatic heterocycles. The van der Waals surface area contributed by atoms with Gasteiger partial charge in [-0.25, -0.2) is 4.79 Å². The van der Waals surface area contributed by atoms with E-state index in [2.05, 4.69) is 21.6 Å². The maximum atomic E-state index is 13.3. The Morgan fingerprint density at radius 1 is 1.10 bits per heavy atom. The molecular weight excluding hydrogens is 536 g/mol. The van der Waals surface area contributed by atoms with Gasteiger partial charge in [0, 0.05) is 16.3 Å². The molecule has 1 N–H and O–H groups in total. The summed E-state index contributed by atoms with van der Waals surface area (Å²) < 4.78 is 18.3. The molecule has 2 aromatic carbocycles. The van der Waals surface area contributed by atoms with Crippen molar-refractivity contribution in [1.29, 1.82) is 0 Å². The third kappa shape index (κ3) is 4.57. The number of pyridine rings is 1. The first kappa shape index (κ1) is 25.2. The van der Waals surface area contributed by atoms with Gasteiger partial charge in [0.25, 0.3) is 0 Å². The number of fused-ring (bicyclic) bond motifs is 4. The summed E-state index contributed by atoms with van der Waals surface area (Å²) in [7, 11) is 1.32. The number of aryl methyl sites for hydroxylation is 1. The Kier molecular flexibility index (Phi) is 6.61. The summed E-state index contributed by atoms with van der Waals surface area (Å²) in [5, 5.41) is 15.0. The maximum absolute atomic E-state index is 13.3. The molecule has 1 aliphatic heterocycles. The fourth-order valence-electron chi connectivity index (χ4n) is 4.55. The van der Waals surface area contributed by atoms with Gasteiger partial charge in [-0.3, -0.25) is 9.20 Å². The summed E-state index contributed by atoms with van der Waals surface area (Å²) in [6, 6.07) is 15.5. The zero-order valence-corrected chi connectivity index (χ0v) is 23.0. The topological polar surface area (TPSA) is 104 Å². The van der Waals surface area contributed by atoms with E-state index in [9.17, 15) is 9.59 Å². The van der Waals surface area contributed by atoms with Crippen molar-refractivity contribution in [2.24, 2.45) is 0 Å². The first-order valence-corrected chi connectivity index (χ1v) is 14.0. The number of hydrogen-bond donors (Lipinski definition) is 1. The monoisotopic (exact) mass is 560 g/mol. The minimum absolute atomic E-state index is 0.270. The minimum atomic E-state index is -0.540. The Labute approximate surface area is 232 Å². The normalized spacial score (nSPS) is 13.4. The van der Waals surface area contributed by atoms with Gasteiger partial charge >= 0.3 is 5.97 Å². The number of rotatable bonds is 6. The summed E-state index contributed by atoms with van der Waals surface area (Å²) in [5.41, 5.74) is 4.49. The number of carbonyl (C=O) groups excluding carboxylic acids is 2. The standard InChI is InChI=1S/C28H24N4O5S2/c1-15-12-23-30-31-28(32(23)20-7-5-4-6-18(15)20)39-16(2)25(33)29-26-24(27(34)35-3)19(14-38-26)17-8-9-21-22(13-17)37-11-10-36-21/h4-9,12-14,16H,10-11H2,1-3H3,(H,29,33). The molecule has 0 saturated heterocycles. The third-order valence-electron chi connectivity index (χ3n) is 6.50. The average Bonchev–Trinajstić information content (AvgIpc) is 3.56. The summed E-state index contributed by atoms with van der Waals surface area (Å²) in [6.45, 7) is 4.78. The second-order valence-corrected chi connectivity index (χ2v) is 11.2. The highest BCUT2D eigenvalue weighted by molar-refractivity contribution is 8.00.